The zero-order valence-electron chi connectivity index (χ0n) is 8.61. The van der Waals surface area contributed by atoms with E-state index in [1.807, 2.05) is 0 Å². The van der Waals surface area contributed by atoms with E-state index in [0.29, 0.717) is 0 Å². The fourth-order valence-electron chi connectivity index (χ4n) is 1.01. The zero-order chi connectivity index (χ0) is 12.9. The third kappa shape index (κ3) is 5.24. The van der Waals surface area contributed by atoms with Crippen molar-refractivity contribution in [3.63, 3.8) is 0 Å². The van der Waals surface area contributed by atoms with Gasteiger partial charge in [-0.25, -0.2) is 17.3 Å². The molecule has 0 amide bonds. The third-order valence-corrected chi connectivity index (χ3v) is 3.62. The highest BCUT2D eigenvalue weighted by molar-refractivity contribution is 7.89. The topological polar surface area (TPSA) is 110 Å². The van der Waals surface area contributed by atoms with Gasteiger partial charge in [-0.3, -0.25) is 4.55 Å². The highest BCUT2D eigenvalue weighted by atomic mass is 32.3. The normalized spacial score (nSPS) is 12.5. The number of nitrogens with one attached hydrogen (secondary N) is 1. The molecule has 0 fully saturated rings. The first-order chi connectivity index (χ1) is 7.81. The molecule has 0 unspecified atom stereocenters. The zero-order valence-corrected chi connectivity index (χ0v) is 10.2. The predicted octanol–water partition coefficient (Wildman–Crippen LogP) is -0.216. The van der Waals surface area contributed by atoms with Gasteiger partial charge in [-0.1, -0.05) is 18.2 Å². The first-order valence-corrected chi connectivity index (χ1v) is 7.33. The summed E-state index contributed by atoms with van der Waals surface area (Å²) in [5.74, 6) is 0. The number of rotatable bonds is 6. The van der Waals surface area contributed by atoms with Crippen LogP contribution in [0.3, 0.4) is 0 Å². The van der Waals surface area contributed by atoms with Crippen molar-refractivity contribution >= 4 is 20.4 Å². The average molecular weight is 281 g/mol. The summed E-state index contributed by atoms with van der Waals surface area (Å²) >= 11 is 0. The van der Waals surface area contributed by atoms with Crippen LogP contribution in [0.4, 0.5) is 0 Å². The van der Waals surface area contributed by atoms with E-state index in [1.54, 1.807) is 18.2 Å². The van der Waals surface area contributed by atoms with Gasteiger partial charge in [0.25, 0.3) is 0 Å². The fourth-order valence-corrected chi connectivity index (χ4v) is 2.33. The molecule has 0 saturated heterocycles. The second-order valence-corrected chi connectivity index (χ2v) is 5.82. The quantitative estimate of drug-likeness (QED) is 0.551. The molecule has 1 rings (SSSR count). The van der Waals surface area contributed by atoms with Crippen LogP contribution in [-0.2, 0) is 24.6 Å². The smallest absolute Gasteiger partial charge is 0.264 e. The van der Waals surface area contributed by atoms with Gasteiger partial charge >= 0.3 is 10.4 Å². The van der Waals surface area contributed by atoms with Crippen LogP contribution in [0.15, 0.2) is 35.2 Å². The Hall–Kier alpha value is -1.00. The van der Waals surface area contributed by atoms with E-state index in [1.165, 1.54) is 12.1 Å². The van der Waals surface area contributed by atoms with E-state index in [-0.39, 0.29) is 11.4 Å². The molecule has 1 aromatic rings. The van der Waals surface area contributed by atoms with E-state index in [2.05, 4.69) is 8.91 Å². The summed E-state index contributed by atoms with van der Waals surface area (Å²) < 4.78 is 57.8. The van der Waals surface area contributed by atoms with Crippen molar-refractivity contribution in [3.05, 3.63) is 30.3 Å². The molecule has 9 heteroatoms. The molecule has 1 aromatic carbocycles. The van der Waals surface area contributed by atoms with Crippen LogP contribution in [0.2, 0.25) is 0 Å². The standard InChI is InChI=1S/C8H11NO6S2/c10-16(11,8-4-2-1-3-5-8)9-6-7-15-17(12,13)14/h1-5,9H,6-7H2,(H,12,13,14). The van der Waals surface area contributed by atoms with E-state index in [0.717, 1.165) is 0 Å². The summed E-state index contributed by atoms with van der Waals surface area (Å²) in [6.45, 7) is -0.748. The molecule has 0 atom stereocenters. The highest BCUT2D eigenvalue weighted by Crippen LogP contribution is 2.06. The minimum atomic E-state index is -4.54. The summed E-state index contributed by atoms with van der Waals surface area (Å²) in [5.41, 5.74) is 0. The second kappa shape index (κ2) is 5.56. The Labute approximate surface area is 99.4 Å². The minimum Gasteiger partial charge on any atom is -0.264 e. The van der Waals surface area contributed by atoms with Gasteiger partial charge in [0.05, 0.1) is 11.5 Å². The van der Waals surface area contributed by atoms with Crippen LogP contribution in [0.1, 0.15) is 0 Å². The molecule has 0 saturated carbocycles. The van der Waals surface area contributed by atoms with Crippen molar-refractivity contribution < 1.29 is 25.6 Å². The van der Waals surface area contributed by atoms with Crippen LogP contribution in [0.25, 0.3) is 0 Å². The highest BCUT2D eigenvalue weighted by Gasteiger charge is 2.13. The van der Waals surface area contributed by atoms with Crippen LogP contribution in [-0.4, -0.2) is 34.5 Å². The number of sulfonamides is 1. The van der Waals surface area contributed by atoms with Crippen molar-refractivity contribution in [1.82, 2.24) is 4.72 Å². The lowest BCUT2D eigenvalue weighted by Gasteiger charge is -2.05. The number of hydrogen-bond acceptors (Lipinski definition) is 5. The monoisotopic (exact) mass is 281 g/mol. The molecule has 96 valence electrons. The second-order valence-electron chi connectivity index (χ2n) is 2.96. The molecule has 0 aromatic heterocycles. The van der Waals surface area contributed by atoms with E-state index >= 15 is 0 Å². The largest absolute Gasteiger partial charge is 0.397 e. The van der Waals surface area contributed by atoms with Gasteiger partial charge in [-0.05, 0) is 12.1 Å². The molecular weight excluding hydrogens is 270 g/mol. The molecular formula is C8H11NO6S2. The molecule has 0 bridgehead atoms. The SMILES string of the molecule is O=S(=O)(O)OCCNS(=O)(=O)c1ccccc1. The van der Waals surface area contributed by atoms with Gasteiger partial charge in [0.1, 0.15) is 0 Å². The average Bonchev–Trinajstić information content (AvgIpc) is 2.25. The van der Waals surface area contributed by atoms with Crippen molar-refractivity contribution in [2.75, 3.05) is 13.2 Å². The van der Waals surface area contributed by atoms with E-state index < -0.39 is 27.0 Å². The van der Waals surface area contributed by atoms with Gasteiger partial charge < -0.3 is 0 Å². The summed E-state index contributed by atoms with van der Waals surface area (Å²) in [6.07, 6.45) is 0. The Kier molecular flexibility index (Phi) is 4.60. The number of benzene rings is 1. The van der Waals surface area contributed by atoms with Crippen molar-refractivity contribution in [2.45, 2.75) is 4.90 Å². The molecule has 17 heavy (non-hydrogen) atoms. The minimum absolute atomic E-state index is 0.0619. The molecule has 0 radical (unpaired) electrons. The summed E-state index contributed by atoms with van der Waals surface area (Å²) in [5, 5.41) is 0. The summed E-state index contributed by atoms with van der Waals surface area (Å²) in [6, 6.07) is 7.57. The number of hydrogen-bond donors (Lipinski definition) is 2. The molecule has 2 N–H and O–H groups in total. The molecule has 0 aliphatic rings. The summed E-state index contributed by atoms with van der Waals surface area (Å²) in [4.78, 5) is 0.0619. The first-order valence-electron chi connectivity index (χ1n) is 4.48. The Morgan fingerprint density at radius 3 is 2.24 bits per heavy atom. The van der Waals surface area contributed by atoms with Crippen molar-refractivity contribution in [1.29, 1.82) is 0 Å². The third-order valence-electron chi connectivity index (χ3n) is 1.68. The fraction of sp³-hybridized carbons (Fsp3) is 0.250. The van der Waals surface area contributed by atoms with Gasteiger partial charge in [0.15, 0.2) is 0 Å². The van der Waals surface area contributed by atoms with Crippen molar-refractivity contribution in [3.8, 4) is 0 Å². The van der Waals surface area contributed by atoms with E-state index in [9.17, 15) is 16.8 Å². The van der Waals surface area contributed by atoms with Gasteiger partial charge in [0, 0.05) is 6.54 Å². The maximum atomic E-state index is 11.6. The molecule has 0 aliphatic carbocycles. The molecule has 0 heterocycles. The van der Waals surface area contributed by atoms with Gasteiger partial charge in [-0.15, -0.1) is 0 Å². The Balaban J connectivity index is 2.53. The van der Waals surface area contributed by atoms with Gasteiger partial charge in [0.2, 0.25) is 10.0 Å². The molecule has 7 nitrogen and oxygen atoms in total. The molecule has 0 aliphatic heterocycles. The lowest BCUT2D eigenvalue weighted by atomic mass is 10.4. The van der Waals surface area contributed by atoms with Crippen LogP contribution < -0.4 is 4.72 Å². The maximum Gasteiger partial charge on any atom is 0.397 e. The Bertz CT molecular complexity index is 551. The Morgan fingerprint density at radius 2 is 1.71 bits per heavy atom. The van der Waals surface area contributed by atoms with Crippen LogP contribution in [0.5, 0.6) is 0 Å². The lowest BCUT2D eigenvalue weighted by Crippen LogP contribution is -2.28. The maximum absolute atomic E-state index is 11.6. The Morgan fingerprint density at radius 1 is 1.12 bits per heavy atom. The van der Waals surface area contributed by atoms with Crippen molar-refractivity contribution in [2.24, 2.45) is 0 Å². The summed E-state index contributed by atoms with van der Waals surface area (Å²) in [7, 11) is -8.23. The van der Waals surface area contributed by atoms with Crippen LogP contribution >= 0.6 is 0 Å². The predicted molar refractivity (Wildman–Crippen MR) is 59.1 cm³/mol. The lowest BCUT2D eigenvalue weighted by molar-refractivity contribution is 0.272. The molecule has 0 spiro atoms. The first kappa shape index (κ1) is 14.1. The van der Waals surface area contributed by atoms with Crippen LogP contribution in [0, 0.1) is 0 Å². The van der Waals surface area contributed by atoms with Gasteiger partial charge in [-0.2, -0.15) is 8.42 Å². The van der Waals surface area contributed by atoms with E-state index in [4.69, 9.17) is 4.55 Å².